The number of thiol groups is 1. The van der Waals surface area contributed by atoms with Crippen LogP contribution in [-0.4, -0.2) is 22.2 Å². The molecule has 1 aromatic rings. The van der Waals surface area contributed by atoms with Crippen LogP contribution in [0.5, 0.6) is 0 Å². The molecule has 0 amide bonds. The molecule has 14 heavy (non-hydrogen) atoms. The fourth-order valence-corrected chi connectivity index (χ4v) is 1.30. The average molecular weight is 212 g/mol. The van der Waals surface area contributed by atoms with Gasteiger partial charge in [0, 0.05) is 4.90 Å². The first-order chi connectivity index (χ1) is 6.50. The van der Waals surface area contributed by atoms with Gasteiger partial charge < -0.3 is 10.2 Å². The summed E-state index contributed by atoms with van der Waals surface area (Å²) in [6.07, 6.45) is -0.154. The van der Waals surface area contributed by atoms with Crippen LogP contribution in [-0.2, 0) is 11.2 Å². The van der Waals surface area contributed by atoms with Crippen LogP contribution >= 0.6 is 12.6 Å². The number of hydrogen-bond acceptors (Lipinski definition) is 3. The van der Waals surface area contributed by atoms with Gasteiger partial charge in [0.25, 0.3) is 0 Å². The van der Waals surface area contributed by atoms with E-state index in [4.69, 9.17) is 10.2 Å². The fourth-order valence-electron chi connectivity index (χ4n) is 1.01. The van der Waals surface area contributed by atoms with Crippen molar-refractivity contribution >= 4 is 24.6 Å². The SMILES string of the molecule is O=C(O)Cc1ccc(C(=O)O)cc1S. The molecule has 0 aliphatic rings. The van der Waals surface area contributed by atoms with Crippen LogP contribution in [0.2, 0.25) is 0 Å². The Labute approximate surface area is 85.6 Å². The van der Waals surface area contributed by atoms with Crippen LogP contribution in [0.15, 0.2) is 23.1 Å². The van der Waals surface area contributed by atoms with Gasteiger partial charge >= 0.3 is 11.9 Å². The molecule has 74 valence electrons. The summed E-state index contributed by atoms with van der Waals surface area (Å²) < 4.78 is 0. The molecule has 0 aliphatic carbocycles. The first kappa shape index (κ1) is 10.6. The van der Waals surface area contributed by atoms with Crippen molar-refractivity contribution in [1.82, 2.24) is 0 Å². The Morgan fingerprint density at radius 3 is 2.36 bits per heavy atom. The molecule has 0 atom stereocenters. The molecular weight excluding hydrogens is 204 g/mol. The molecule has 0 fully saturated rings. The van der Waals surface area contributed by atoms with Crippen LogP contribution in [0.3, 0.4) is 0 Å². The molecule has 0 bridgehead atoms. The van der Waals surface area contributed by atoms with Crippen molar-refractivity contribution < 1.29 is 19.8 Å². The fraction of sp³-hybridized carbons (Fsp3) is 0.111. The van der Waals surface area contributed by atoms with Crippen LogP contribution < -0.4 is 0 Å². The standard InChI is InChI=1S/C9H8O4S/c10-8(11)4-5-1-2-6(9(12)13)3-7(5)14/h1-3,14H,4H2,(H,10,11)(H,12,13). The predicted molar refractivity (Wildman–Crippen MR) is 52.0 cm³/mol. The first-order valence-electron chi connectivity index (χ1n) is 3.77. The van der Waals surface area contributed by atoms with Crippen molar-refractivity contribution in [3.05, 3.63) is 29.3 Å². The molecule has 0 aromatic heterocycles. The van der Waals surface area contributed by atoms with Gasteiger partial charge in [-0.1, -0.05) is 6.07 Å². The Morgan fingerprint density at radius 1 is 1.29 bits per heavy atom. The Morgan fingerprint density at radius 2 is 1.93 bits per heavy atom. The topological polar surface area (TPSA) is 74.6 Å². The molecule has 1 aromatic carbocycles. The van der Waals surface area contributed by atoms with Gasteiger partial charge in [-0.2, -0.15) is 0 Å². The third-order valence-corrected chi connectivity index (χ3v) is 2.09. The van der Waals surface area contributed by atoms with E-state index in [1.807, 2.05) is 0 Å². The van der Waals surface area contributed by atoms with Crippen LogP contribution in [0, 0.1) is 0 Å². The maximum Gasteiger partial charge on any atom is 0.335 e. The lowest BCUT2D eigenvalue weighted by Crippen LogP contribution is -2.03. The summed E-state index contributed by atoms with van der Waals surface area (Å²) in [5, 5.41) is 17.2. The van der Waals surface area contributed by atoms with Gasteiger partial charge in [-0.05, 0) is 17.7 Å². The minimum atomic E-state index is -1.05. The van der Waals surface area contributed by atoms with E-state index in [9.17, 15) is 9.59 Å². The molecule has 0 saturated carbocycles. The smallest absolute Gasteiger partial charge is 0.335 e. The summed E-state index contributed by atoms with van der Waals surface area (Å²) in [4.78, 5) is 21.3. The van der Waals surface area contributed by atoms with E-state index in [0.29, 0.717) is 10.5 Å². The number of rotatable bonds is 3. The molecule has 0 saturated heterocycles. The molecule has 2 N–H and O–H groups in total. The van der Waals surface area contributed by atoms with Gasteiger partial charge in [-0.3, -0.25) is 4.79 Å². The number of carboxylic acids is 2. The maximum absolute atomic E-state index is 10.5. The van der Waals surface area contributed by atoms with E-state index >= 15 is 0 Å². The third kappa shape index (κ3) is 2.50. The highest BCUT2D eigenvalue weighted by Crippen LogP contribution is 2.16. The van der Waals surface area contributed by atoms with Crippen molar-refractivity contribution in [3.8, 4) is 0 Å². The molecule has 0 spiro atoms. The van der Waals surface area contributed by atoms with Crippen LogP contribution in [0.4, 0.5) is 0 Å². The monoisotopic (exact) mass is 212 g/mol. The first-order valence-corrected chi connectivity index (χ1v) is 4.22. The van der Waals surface area contributed by atoms with Gasteiger partial charge in [-0.15, -0.1) is 12.6 Å². The lowest BCUT2D eigenvalue weighted by Gasteiger charge is -2.02. The zero-order valence-corrected chi connectivity index (χ0v) is 7.99. The van der Waals surface area contributed by atoms with E-state index in [-0.39, 0.29) is 12.0 Å². The highest BCUT2D eigenvalue weighted by molar-refractivity contribution is 7.80. The average Bonchev–Trinajstić information content (AvgIpc) is 2.07. The molecule has 4 nitrogen and oxygen atoms in total. The highest BCUT2D eigenvalue weighted by atomic mass is 32.1. The van der Waals surface area contributed by atoms with E-state index in [2.05, 4.69) is 12.6 Å². The van der Waals surface area contributed by atoms with Crippen molar-refractivity contribution in [2.24, 2.45) is 0 Å². The summed E-state index contributed by atoms with van der Waals surface area (Å²) in [5.41, 5.74) is 0.606. The minimum Gasteiger partial charge on any atom is -0.481 e. The minimum absolute atomic E-state index is 0.101. The normalized spacial score (nSPS) is 9.79. The number of carboxylic acid groups (broad SMARTS) is 2. The number of carbonyl (C=O) groups is 2. The largest absolute Gasteiger partial charge is 0.481 e. The molecule has 0 heterocycles. The molecule has 0 radical (unpaired) electrons. The molecule has 1 rings (SSSR count). The molecule has 5 heteroatoms. The lowest BCUT2D eigenvalue weighted by molar-refractivity contribution is -0.136. The second-order valence-electron chi connectivity index (χ2n) is 2.72. The van der Waals surface area contributed by atoms with Crippen LogP contribution in [0.25, 0.3) is 0 Å². The number of hydrogen-bond donors (Lipinski definition) is 3. The molecular formula is C9H8O4S. The Hall–Kier alpha value is -1.49. The lowest BCUT2D eigenvalue weighted by atomic mass is 10.1. The Bertz CT molecular complexity index is 386. The van der Waals surface area contributed by atoms with Gasteiger partial charge in [0.1, 0.15) is 0 Å². The van der Waals surface area contributed by atoms with Crippen molar-refractivity contribution in [3.63, 3.8) is 0 Å². The van der Waals surface area contributed by atoms with Crippen molar-refractivity contribution in [1.29, 1.82) is 0 Å². The summed E-state index contributed by atoms with van der Waals surface area (Å²) in [7, 11) is 0. The Kier molecular flexibility index (Phi) is 3.14. The summed E-state index contributed by atoms with van der Waals surface area (Å²) in [5.74, 6) is -2.02. The quantitative estimate of drug-likeness (QED) is 0.660. The van der Waals surface area contributed by atoms with Crippen molar-refractivity contribution in [2.75, 3.05) is 0 Å². The third-order valence-electron chi connectivity index (χ3n) is 1.67. The zero-order valence-electron chi connectivity index (χ0n) is 7.10. The number of aliphatic carboxylic acids is 1. The van der Waals surface area contributed by atoms with E-state index in [1.165, 1.54) is 18.2 Å². The van der Waals surface area contributed by atoms with Gasteiger partial charge in [-0.25, -0.2) is 4.79 Å². The summed E-state index contributed by atoms with van der Waals surface area (Å²) in [6, 6.07) is 4.16. The van der Waals surface area contributed by atoms with E-state index < -0.39 is 11.9 Å². The number of benzene rings is 1. The van der Waals surface area contributed by atoms with E-state index in [1.54, 1.807) is 0 Å². The van der Waals surface area contributed by atoms with Gasteiger partial charge in [0.05, 0.1) is 12.0 Å². The maximum atomic E-state index is 10.5. The molecule has 0 unspecified atom stereocenters. The predicted octanol–water partition coefficient (Wildman–Crippen LogP) is 1.30. The van der Waals surface area contributed by atoms with Crippen molar-refractivity contribution in [2.45, 2.75) is 11.3 Å². The Balaban J connectivity index is 3.01. The van der Waals surface area contributed by atoms with Gasteiger partial charge in [0.2, 0.25) is 0 Å². The number of aromatic carboxylic acids is 1. The second-order valence-corrected chi connectivity index (χ2v) is 3.20. The van der Waals surface area contributed by atoms with Crippen LogP contribution in [0.1, 0.15) is 15.9 Å². The van der Waals surface area contributed by atoms with E-state index in [0.717, 1.165) is 0 Å². The highest BCUT2D eigenvalue weighted by Gasteiger charge is 2.08. The summed E-state index contributed by atoms with van der Waals surface area (Å²) >= 11 is 4.01. The second kappa shape index (κ2) is 4.15. The zero-order chi connectivity index (χ0) is 10.7. The summed E-state index contributed by atoms with van der Waals surface area (Å²) in [6.45, 7) is 0. The van der Waals surface area contributed by atoms with Gasteiger partial charge in [0.15, 0.2) is 0 Å². The molecule has 0 aliphatic heterocycles.